The number of nitrogen functional groups attached to an aromatic ring is 1. The third-order valence-electron chi connectivity index (χ3n) is 4.47. The topological polar surface area (TPSA) is 105 Å². The van der Waals surface area contributed by atoms with Gasteiger partial charge in [-0.05, 0) is 25.8 Å². The highest BCUT2D eigenvalue weighted by Gasteiger charge is 2.27. The molecule has 0 atom stereocenters. The smallest absolute Gasteiger partial charge is 0.154 e. The van der Waals surface area contributed by atoms with Gasteiger partial charge in [-0.3, -0.25) is 5.41 Å². The molecule has 0 bridgehead atoms. The van der Waals surface area contributed by atoms with Crippen LogP contribution in [0.1, 0.15) is 31.0 Å². The molecule has 2 heterocycles. The predicted octanol–water partition coefficient (Wildman–Crippen LogP) is 2.59. The van der Waals surface area contributed by atoms with Crippen LogP contribution in [0.4, 0.5) is 16.0 Å². The molecule has 1 aliphatic rings. The van der Waals surface area contributed by atoms with Crippen LogP contribution in [0.25, 0.3) is 0 Å². The van der Waals surface area contributed by atoms with Crippen LogP contribution in [-0.2, 0) is 0 Å². The first kappa shape index (κ1) is 17.6. The molecule has 0 spiro atoms. The van der Waals surface area contributed by atoms with Gasteiger partial charge in [-0.15, -0.1) is 0 Å². The molecule has 0 aliphatic carbocycles. The van der Waals surface area contributed by atoms with Gasteiger partial charge in [0.05, 0.1) is 16.9 Å². The van der Waals surface area contributed by atoms with E-state index < -0.39 is 5.82 Å². The highest BCUT2D eigenvalue weighted by atomic mass is 35.5. The summed E-state index contributed by atoms with van der Waals surface area (Å²) in [6.45, 7) is 3.58. The minimum Gasteiger partial charge on any atom is -0.382 e. The van der Waals surface area contributed by atoms with Crippen molar-refractivity contribution in [2.24, 2.45) is 5.73 Å². The quantitative estimate of drug-likeness (QED) is 0.728. The van der Waals surface area contributed by atoms with Gasteiger partial charge in [-0.25, -0.2) is 14.4 Å². The molecule has 5 N–H and O–H groups in total. The molecule has 1 aromatic heterocycles. The van der Waals surface area contributed by atoms with Gasteiger partial charge in [-0.1, -0.05) is 23.7 Å². The van der Waals surface area contributed by atoms with Crippen LogP contribution in [0.5, 0.6) is 0 Å². The highest BCUT2D eigenvalue weighted by molar-refractivity contribution is 6.35. The maximum Gasteiger partial charge on any atom is 0.154 e. The minimum absolute atomic E-state index is 0.0609. The van der Waals surface area contributed by atoms with E-state index in [0.29, 0.717) is 5.82 Å². The summed E-state index contributed by atoms with van der Waals surface area (Å²) in [6.07, 6.45) is 3.28. The molecule has 3 rings (SSSR count). The van der Waals surface area contributed by atoms with Crippen LogP contribution in [0.3, 0.4) is 0 Å². The maximum atomic E-state index is 13.6. The number of benzene rings is 1. The fourth-order valence-electron chi connectivity index (χ4n) is 2.81. The zero-order valence-electron chi connectivity index (χ0n) is 13.9. The van der Waals surface area contributed by atoms with Crippen LogP contribution in [0, 0.1) is 11.2 Å². The lowest BCUT2D eigenvalue weighted by molar-refractivity contribution is 0.363. The molecule has 1 aromatic carbocycles. The van der Waals surface area contributed by atoms with Gasteiger partial charge in [-0.2, -0.15) is 0 Å². The summed E-state index contributed by atoms with van der Waals surface area (Å²) in [5.41, 5.74) is 12.3. The van der Waals surface area contributed by atoms with Crippen molar-refractivity contribution in [3.8, 4) is 0 Å². The molecule has 1 saturated heterocycles. The molecule has 0 radical (unpaired) electrons. The second-order valence-corrected chi connectivity index (χ2v) is 6.96. The highest BCUT2D eigenvalue weighted by Crippen LogP contribution is 2.26. The summed E-state index contributed by atoms with van der Waals surface area (Å²) in [4.78, 5) is 10.7. The average Bonchev–Trinajstić information content (AvgIpc) is 2.57. The number of nitrogens with zero attached hydrogens (tertiary/aromatic N) is 3. The Hall–Kier alpha value is -2.25. The van der Waals surface area contributed by atoms with Gasteiger partial charge in [0.2, 0.25) is 0 Å². The number of rotatable bonds is 3. The Morgan fingerprint density at radius 3 is 2.68 bits per heavy atom. The Bertz CT molecular complexity index is 813. The number of aromatic nitrogens is 2. The van der Waals surface area contributed by atoms with Crippen molar-refractivity contribution in [3.63, 3.8) is 0 Å². The fourth-order valence-corrected chi connectivity index (χ4v) is 3.03. The predicted molar refractivity (Wildman–Crippen MR) is 97.8 cm³/mol. The van der Waals surface area contributed by atoms with E-state index in [1.807, 2.05) is 6.92 Å². The molecular weight excluding hydrogens is 343 g/mol. The summed E-state index contributed by atoms with van der Waals surface area (Å²) in [7, 11) is 0. The van der Waals surface area contributed by atoms with E-state index in [2.05, 4.69) is 14.9 Å². The lowest BCUT2D eigenvalue weighted by atomic mass is 9.91. The number of hydrogen-bond donors (Lipinski definition) is 3. The number of halogens is 2. The number of hydrogen-bond acceptors (Lipinski definition) is 6. The van der Waals surface area contributed by atoms with Crippen LogP contribution in [-0.4, -0.2) is 34.3 Å². The van der Waals surface area contributed by atoms with E-state index >= 15 is 0 Å². The van der Waals surface area contributed by atoms with E-state index in [-0.39, 0.29) is 33.3 Å². The Kier molecular flexibility index (Phi) is 4.62. The average molecular weight is 363 g/mol. The fraction of sp³-hybridized carbons (Fsp3) is 0.353. The first-order valence-electron chi connectivity index (χ1n) is 7.98. The molecule has 0 unspecified atom stereocenters. The third kappa shape index (κ3) is 3.57. The standard InChI is InChI=1S/C17H20ClFN6/c1-17(22)5-7-25(8-6-17)12-9-23-15(16(21)24-12)14(20)10-3-2-4-11(19)13(10)18/h2-4,9,20H,5-8,22H2,1H3,(H2,21,24). The zero-order valence-corrected chi connectivity index (χ0v) is 14.6. The second kappa shape index (κ2) is 6.57. The molecular formula is C17H20ClFN6. The Morgan fingerprint density at radius 1 is 1.36 bits per heavy atom. The lowest BCUT2D eigenvalue weighted by Crippen LogP contribution is -2.48. The van der Waals surface area contributed by atoms with Gasteiger partial charge < -0.3 is 16.4 Å². The maximum absolute atomic E-state index is 13.6. The van der Waals surface area contributed by atoms with Gasteiger partial charge in [0.15, 0.2) is 5.82 Å². The first-order valence-corrected chi connectivity index (χ1v) is 8.36. The second-order valence-electron chi connectivity index (χ2n) is 6.58. The van der Waals surface area contributed by atoms with Crippen LogP contribution in [0.15, 0.2) is 24.4 Å². The summed E-state index contributed by atoms with van der Waals surface area (Å²) in [5.74, 6) is 0.170. The SMILES string of the molecule is CC1(N)CCN(c2cnc(C(=N)c3cccc(F)c3Cl)c(N)n2)CC1. The van der Waals surface area contributed by atoms with Gasteiger partial charge in [0.1, 0.15) is 17.3 Å². The molecule has 2 aromatic rings. The lowest BCUT2D eigenvalue weighted by Gasteiger charge is -2.37. The van der Waals surface area contributed by atoms with E-state index in [1.54, 1.807) is 12.3 Å². The third-order valence-corrected chi connectivity index (χ3v) is 4.86. The van der Waals surface area contributed by atoms with Crippen molar-refractivity contribution in [3.05, 3.63) is 46.5 Å². The van der Waals surface area contributed by atoms with Crippen molar-refractivity contribution >= 4 is 28.9 Å². The molecule has 0 saturated carbocycles. The van der Waals surface area contributed by atoms with E-state index in [0.717, 1.165) is 25.9 Å². The van der Waals surface area contributed by atoms with Crippen molar-refractivity contribution in [1.29, 1.82) is 5.41 Å². The Balaban J connectivity index is 1.85. The van der Waals surface area contributed by atoms with Gasteiger partial charge in [0, 0.05) is 24.2 Å². The van der Waals surface area contributed by atoms with Crippen LogP contribution in [0.2, 0.25) is 5.02 Å². The molecule has 6 nitrogen and oxygen atoms in total. The summed E-state index contributed by atoms with van der Waals surface area (Å²) in [5, 5.41) is 8.12. The number of nitrogens with one attached hydrogen (secondary N) is 1. The zero-order chi connectivity index (χ0) is 18.2. The normalized spacial score (nSPS) is 16.7. The van der Waals surface area contributed by atoms with Gasteiger partial charge >= 0.3 is 0 Å². The van der Waals surface area contributed by atoms with Crippen LogP contribution >= 0.6 is 11.6 Å². The summed E-state index contributed by atoms with van der Waals surface area (Å²) >= 11 is 5.95. The van der Waals surface area contributed by atoms with Gasteiger partial charge in [0.25, 0.3) is 0 Å². The minimum atomic E-state index is -0.592. The molecule has 8 heteroatoms. The summed E-state index contributed by atoms with van der Waals surface area (Å²) < 4.78 is 13.6. The van der Waals surface area contributed by atoms with Crippen molar-refractivity contribution in [2.45, 2.75) is 25.3 Å². The molecule has 25 heavy (non-hydrogen) atoms. The largest absolute Gasteiger partial charge is 0.382 e. The van der Waals surface area contributed by atoms with Crippen molar-refractivity contribution < 1.29 is 4.39 Å². The number of anilines is 2. The Labute approximate surface area is 150 Å². The van der Waals surface area contributed by atoms with E-state index in [1.165, 1.54) is 12.1 Å². The van der Waals surface area contributed by atoms with E-state index in [4.69, 9.17) is 28.5 Å². The molecule has 1 fully saturated rings. The Morgan fingerprint density at radius 2 is 2.04 bits per heavy atom. The summed E-state index contributed by atoms with van der Waals surface area (Å²) in [6, 6.07) is 4.27. The number of piperidine rings is 1. The van der Waals surface area contributed by atoms with E-state index in [9.17, 15) is 4.39 Å². The van der Waals surface area contributed by atoms with Crippen LogP contribution < -0.4 is 16.4 Å². The molecule has 0 amide bonds. The van der Waals surface area contributed by atoms with Crippen molar-refractivity contribution in [2.75, 3.05) is 23.7 Å². The molecule has 1 aliphatic heterocycles. The monoisotopic (exact) mass is 362 g/mol. The first-order chi connectivity index (χ1) is 11.8. The van der Waals surface area contributed by atoms with Crippen molar-refractivity contribution in [1.82, 2.24) is 9.97 Å². The number of nitrogens with two attached hydrogens (primary N) is 2. The molecule has 132 valence electrons.